The van der Waals surface area contributed by atoms with Gasteiger partial charge in [-0.15, -0.1) is 0 Å². The Balaban J connectivity index is 1.60. The zero-order valence-corrected chi connectivity index (χ0v) is 13.6. The van der Waals surface area contributed by atoms with Crippen LogP contribution in [0.1, 0.15) is 37.1 Å². The number of benzene rings is 1. The molecule has 0 radical (unpaired) electrons. The van der Waals surface area contributed by atoms with Gasteiger partial charge in [0.1, 0.15) is 29.8 Å². The average Bonchev–Trinajstić information content (AvgIpc) is 3.16. The Hall–Kier alpha value is -2.70. The molecule has 0 aliphatic rings. The first kappa shape index (κ1) is 16.2. The summed E-state index contributed by atoms with van der Waals surface area (Å²) in [6.45, 7) is 4.37. The minimum Gasteiger partial charge on any atom is -0.459 e. The van der Waals surface area contributed by atoms with Crippen LogP contribution < -0.4 is 5.32 Å². The number of carbonyl (C=O) groups is 1. The lowest BCUT2D eigenvalue weighted by Crippen LogP contribution is -2.26. The molecule has 0 aliphatic carbocycles. The van der Waals surface area contributed by atoms with Crippen LogP contribution in [0, 0.1) is 12.7 Å². The topological polar surface area (TPSA) is 73.0 Å². The number of furan rings is 1. The number of rotatable bonds is 6. The maximum absolute atomic E-state index is 13.4. The molecule has 126 valence electrons. The van der Waals surface area contributed by atoms with Crippen molar-refractivity contribution in [2.45, 2.75) is 39.3 Å². The Bertz CT molecular complexity index is 842. The fraction of sp³-hybridized carbons (Fsp3) is 0.353. The van der Waals surface area contributed by atoms with Crippen molar-refractivity contribution >= 4 is 16.9 Å². The third-order valence-corrected chi connectivity index (χ3v) is 3.96. The summed E-state index contributed by atoms with van der Waals surface area (Å²) in [5.41, 5.74) is 1.47. The molecular weight excluding hydrogens is 311 g/mol. The Morgan fingerprint density at radius 3 is 3.04 bits per heavy atom. The van der Waals surface area contributed by atoms with Gasteiger partial charge in [-0.1, -0.05) is 0 Å². The van der Waals surface area contributed by atoms with Gasteiger partial charge in [-0.25, -0.2) is 9.37 Å². The van der Waals surface area contributed by atoms with E-state index in [0.717, 1.165) is 10.9 Å². The molecule has 0 saturated heterocycles. The molecule has 3 aromatic rings. The van der Waals surface area contributed by atoms with Gasteiger partial charge in [0.05, 0.1) is 6.04 Å². The molecule has 2 heterocycles. The molecule has 0 saturated carbocycles. The molecule has 0 fully saturated rings. The fourth-order valence-electron chi connectivity index (χ4n) is 2.75. The van der Waals surface area contributed by atoms with Crippen molar-refractivity contribution in [1.82, 2.24) is 20.1 Å². The van der Waals surface area contributed by atoms with Gasteiger partial charge >= 0.3 is 0 Å². The summed E-state index contributed by atoms with van der Waals surface area (Å²) in [5, 5.41) is 7.65. The van der Waals surface area contributed by atoms with Crippen molar-refractivity contribution in [3.63, 3.8) is 0 Å². The number of halogens is 1. The van der Waals surface area contributed by atoms with Gasteiger partial charge in [0.15, 0.2) is 0 Å². The molecule has 24 heavy (non-hydrogen) atoms. The van der Waals surface area contributed by atoms with Gasteiger partial charge in [-0.2, -0.15) is 5.10 Å². The van der Waals surface area contributed by atoms with Crippen molar-refractivity contribution in [2.75, 3.05) is 0 Å². The maximum atomic E-state index is 13.4. The lowest BCUT2D eigenvalue weighted by Gasteiger charge is -2.12. The van der Waals surface area contributed by atoms with E-state index in [1.807, 2.05) is 13.8 Å². The van der Waals surface area contributed by atoms with E-state index in [1.165, 1.54) is 18.5 Å². The lowest BCUT2D eigenvalue weighted by molar-refractivity contribution is -0.122. The van der Waals surface area contributed by atoms with Crippen molar-refractivity contribution < 1.29 is 13.6 Å². The largest absolute Gasteiger partial charge is 0.459 e. The highest BCUT2D eigenvalue weighted by Crippen LogP contribution is 2.29. The third-order valence-electron chi connectivity index (χ3n) is 3.96. The molecule has 0 spiro atoms. The first-order valence-electron chi connectivity index (χ1n) is 7.85. The third kappa shape index (κ3) is 3.45. The minimum absolute atomic E-state index is 0.0614. The summed E-state index contributed by atoms with van der Waals surface area (Å²) in [6.07, 6.45) is 4.15. The Labute approximate surface area is 138 Å². The van der Waals surface area contributed by atoms with Gasteiger partial charge in [0, 0.05) is 23.9 Å². The summed E-state index contributed by atoms with van der Waals surface area (Å²) in [5.74, 6) is 0.289. The molecule has 6 nitrogen and oxygen atoms in total. The number of nitrogens with zero attached hydrogens (tertiary/aromatic N) is 3. The SMILES string of the molecule is Cc1c([C@H](C)NC(=O)CCCn2cncn2)oc2ccc(F)cc12. The molecule has 2 aromatic heterocycles. The van der Waals surface area contributed by atoms with Crippen LogP contribution in [0.25, 0.3) is 11.0 Å². The number of hydrogen-bond acceptors (Lipinski definition) is 4. The predicted molar refractivity (Wildman–Crippen MR) is 86.7 cm³/mol. The van der Waals surface area contributed by atoms with E-state index in [9.17, 15) is 9.18 Å². The summed E-state index contributed by atoms with van der Waals surface area (Å²) >= 11 is 0. The summed E-state index contributed by atoms with van der Waals surface area (Å²) in [7, 11) is 0. The van der Waals surface area contributed by atoms with Crippen LogP contribution in [-0.2, 0) is 11.3 Å². The van der Waals surface area contributed by atoms with Crippen LogP contribution in [0.4, 0.5) is 4.39 Å². The molecule has 1 aromatic carbocycles. The Morgan fingerprint density at radius 1 is 1.46 bits per heavy atom. The van der Waals surface area contributed by atoms with Crippen LogP contribution in [0.5, 0.6) is 0 Å². The number of nitrogens with one attached hydrogen (secondary N) is 1. The maximum Gasteiger partial charge on any atom is 0.220 e. The molecule has 1 N–H and O–H groups in total. The van der Waals surface area contributed by atoms with Crippen molar-refractivity contribution in [2.24, 2.45) is 0 Å². The van der Waals surface area contributed by atoms with Gasteiger partial charge in [-0.3, -0.25) is 9.48 Å². The van der Waals surface area contributed by atoms with E-state index in [1.54, 1.807) is 17.1 Å². The second-order valence-corrected chi connectivity index (χ2v) is 5.78. The standard InChI is InChI=1S/C17H19FN4O2/c1-11-14-8-13(18)5-6-15(14)24-17(11)12(2)21-16(23)4-3-7-22-10-19-9-20-22/h5-6,8-10,12H,3-4,7H2,1-2H3,(H,21,23)/t12-/m0/s1. The zero-order valence-electron chi connectivity index (χ0n) is 13.6. The molecule has 1 atom stereocenters. The second-order valence-electron chi connectivity index (χ2n) is 5.78. The monoisotopic (exact) mass is 330 g/mol. The Morgan fingerprint density at radius 2 is 2.29 bits per heavy atom. The van der Waals surface area contributed by atoms with Gasteiger partial charge in [0.2, 0.25) is 5.91 Å². The summed E-state index contributed by atoms with van der Waals surface area (Å²) in [4.78, 5) is 15.9. The van der Waals surface area contributed by atoms with E-state index in [2.05, 4.69) is 15.4 Å². The van der Waals surface area contributed by atoms with Crippen LogP contribution in [0.2, 0.25) is 0 Å². The van der Waals surface area contributed by atoms with Crippen molar-refractivity contribution in [3.05, 3.63) is 48.0 Å². The summed E-state index contributed by atoms with van der Waals surface area (Å²) in [6, 6.07) is 4.14. The molecule has 0 bridgehead atoms. The second kappa shape index (κ2) is 6.82. The number of fused-ring (bicyclic) bond motifs is 1. The van der Waals surface area contributed by atoms with Crippen LogP contribution in [0.15, 0.2) is 35.3 Å². The highest BCUT2D eigenvalue weighted by Gasteiger charge is 2.18. The number of aromatic nitrogens is 3. The van der Waals surface area contributed by atoms with Crippen LogP contribution in [-0.4, -0.2) is 20.7 Å². The Kier molecular flexibility index (Phi) is 4.59. The average molecular weight is 330 g/mol. The van der Waals surface area contributed by atoms with Crippen molar-refractivity contribution in [3.8, 4) is 0 Å². The number of amides is 1. The highest BCUT2D eigenvalue weighted by molar-refractivity contribution is 5.82. The van der Waals surface area contributed by atoms with Gasteiger partial charge in [0.25, 0.3) is 0 Å². The van der Waals surface area contributed by atoms with E-state index in [4.69, 9.17) is 4.42 Å². The van der Waals surface area contributed by atoms with E-state index in [0.29, 0.717) is 30.7 Å². The minimum atomic E-state index is -0.303. The number of aryl methyl sites for hydroxylation is 2. The number of carbonyl (C=O) groups excluding carboxylic acids is 1. The molecular formula is C17H19FN4O2. The van der Waals surface area contributed by atoms with E-state index in [-0.39, 0.29) is 17.8 Å². The smallest absolute Gasteiger partial charge is 0.220 e. The molecule has 0 aliphatic heterocycles. The number of hydrogen-bond donors (Lipinski definition) is 1. The highest BCUT2D eigenvalue weighted by atomic mass is 19.1. The predicted octanol–water partition coefficient (Wildman–Crippen LogP) is 3.13. The van der Waals surface area contributed by atoms with E-state index < -0.39 is 0 Å². The normalized spacial score (nSPS) is 12.5. The quantitative estimate of drug-likeness (QED) is 0.753. The molecule has 0 unspecified atom stereocenters. The summed E-state index contributed by atoms with van der Waals surface area (Å²) < 4.78 is 20.8. The molecule has 1 amide bonds. The lowest BCUT2D eigenvalue weighted by atomic mass is 10.1. The molecule has 7 heteroatoms. The van der Waals surface area contributed by atoms with Crippen LogP contribution in [0.3, 0.4) is 0 Å². The van der Waals surface area contributed by atoms with Crippen molar-refractivity contribution in [1.29, 1.82) is 0 Å². The fourth-order valence-corrected chi connectivity index (χ4v) is 2.75. The first-order valence-corrected chi connectivity index (χ1v) is 7.85. The molecule has 3 rings (SSSR count). The van der Waals surface area contributed by atoms with E-state index >= 15 is 0 Å². The van der Waals surface area contributed by atoms with Gasteiger partial charge in [-0.05, 0) is 38.5 Å². The first-order chi connectivity index (χ1) is 11.5. The van der Waals surface area contributed by atoms with Gasteiger partial charge < -0.3 is 9.73 Å². The zero-order chi connectivity index (χ0) is 17.1. The van der Waals surface area contributed by atoms with Crippen LogP contribution >= 0.6 is 0 Å².